The smallest absolute Gasteiger partial charge is 0.433 e. The van der Waals surface area contributed by atoms with Crippen molar-refractivity contribution in [3.05, 3.63) is 35.3 Å². The van der Waals surface area contributed by atoms with Gasteiger partial charge in [0.15, 0.2) is 15.6 Å². The van der Waals surface area contributed by atoms with E-state index >= 15 is 0 Å². The molecule has 0 saturated heterocycles. The second kappa shape index (κ2) is 5.59. The minimum Gasteiger partial charge on any atom is -0.479 e. The molecule has 2 heterocycles. The fraction of sp³-hybridized carbons (Fsp3) is 0.333. The molecule has 10 heteroatoms. The zero-order valence-corrected chi connectivity index (χ0v) is 12.3. The van der Waals surface area contributed by atoms with E-state index in [2.05, 4.69) is 10.1 Å². The largest absolute Gasteiger partial charge is 0.479 e. The number of hydrogen-bond donors (Lipinski definition) is 0. The Bertz CT molecular complexity index is 784. The van der Waals surface area contributed by atoms with Gasteiger partial charge in [0.1, 0.15) is 11.4 Å². The van der Waals surface area contributed by atoms with Gasteiger partial charge in [-0.15, -0.1) is 0 Å². The number of halogens is 3. The fourth-order valence-corrected chi connectivity index (χ4v) is 3.18. The van der Waals surface area contributed by atoms with Crippen molar-refractivity contribution in [2.45, 2.75) is 23.7 Å². The van der Waals surface area contributed by atoms with Crippen LogP contribution in [0.5, 0.6) is 5.88 Å². The van der Waals surface area contributed by atoms with Crippen LogP contribution in [0.1, 0.15) is 17.0 Å². The number of hydrogen-bond acceptors (Lipinski definition) is 6. The molecule has 2 rings (SSSR count). The van der Waals surface area contributed by atoms with E-state index in [1.165, 1.54) is 20.1 Å². The Morgan fingerprint density at radius 2 is 2.00 bits per heavy atom. The van der Waals surface area contributed by atoms with Gasteiger partial charge in [0.05, 0.1) is 12.0 Å². The van der Waals surface area contributed by atoms with Gasteiger partial charge in [-0.25, -0.2) is 8.42 Å². The van der Waals surface area contributed by atoms with Crippen molar-refractivity contribution in [2.75, 3.05) is 7.11 Å². The minimum absolute atomic E-state index is 0.0103. The van der Waals surface area contributed by atoms with Crippen molar-refractivity contribution in [3.63, 3.8) is 0 Å². The molecular weight excluding hydrogens is 325 g/mol. The predicted molar refractivity (Wildman–Crippen MR) is 67.9 cm³/mol. The molecule has 120 valence electrons. The Morgan fingerprint density at radius 1 is 1.32 bits per heavy atom. The molecule has 0 aliphatic carbocycles. The van der Waals surface area contributed by atoms with E-state index in [1.807, 2.05) is 0 Å². The molecule has 0 amide bonds. The molecular formula is C12H11F3N2O4S. The summed E-state index contributed by atoms with van der Waals surface area (Å²) >= 11 is 0. The third-order valence-corrected chi connectivity index (χ3v) is 4.53. The van der Waals surface area contributed by atoms with Crippen LogP contribution < -0.4 is 4.74 Å². The van der Waals surface area contributed by atoms with Crippen LogP contribution in [0.4, 0.5) is 13.2 Å². The van der Waals surface area contributed by atoms with Gasteiger partial charge in [0, 0.05) is 12.3 Å². The standard InChI is InChI=1S/C12H11F3N2O4S/c1-7-3-10(12(13,14)15)16-5-9(7)22(18,19)6-8-4-11(20-2)17-21-8/h3-5H,6H2,1-2H3. The topological polar surface area (TPSA) is 82.3 Å². The Hall–Kier alpha value is -2.10. The molecule has 0 N–H and O–H groups in total. The molecule has 0 atom stereocenters. The average Bonchev–Trinajstić information content (AvgIpc) is 2.84. The second-order valence-corrected chi connectivity index (χ2v) is 6.39. The normalized spacial score (nSPS) is 12.4. The summed E-state index contributed by atoms with van der Waals surface area (Å²) in [7, 11) is -2.59. The maximum Gasteiger partial charge on any atom is 0.433 e. The highest BCUT2D eigenvalue weighted by Crippen LogP contribution is 2.30. The summed E-state index contributed by atoms with van der Waals surface area (Å²) in [4.78, 5) is 2.87. The molecule has 0 fully saturated rings. The number of aromatic nitrogens is 2. The van der Waals surface area contributed by atoms with Gasteiger partial charge in [-0.3, -0.25) is 4.98 Å². The molecule has 0 bridgehead atoms. The highest BCUT2D eigenvalue weighted by Gasteiger charge is 2.33. The van der Waals surface area contributed by atoms with Crippen LogP contribution in [0.3, 0.4) is 0 Å². The van der Waals surface area contributed by atoms with Crippen molar-refractivity contribution < 1.29 is 30.8 Å². The molecule has 0 spiro atoms. The molecule has 0 radical (unpaired) electrons. The molecule has 2 aromatic heterocycles. The summed E-state index contributed by atoms with van der Waals surface area (Å²) in [5.74, 6) is -0.444. The molecule has 0 aliphatic heterocycles. The Balaban J connectivity index is 2.33. The summed E-state index contributed by atoms with van der Waals surface area (Å²) in [6.45, 7) is 1.27. The van der Waals surface area contributed by atoms with Gasteiger partial charge < -0.3 is 9.26 Å². The third-order valence-electron chi connectivity index (χ3n) is 2.77. The van der Waals surface area contributed by atoms with Gasteiger partial charge in [-0.05, 0) is 23.7 Å². The van der Waals surface area contributed by atoms with E-state index in [1.54, 1.807) is 0 Å². The lowest BCUT2D eigenvalue weighted by atomic mass is 10.2. The zero-order valence-electron chi connectivity index (χ0n) is 11.5. The van der Waals surface area contributed by atoms with Crippen LogP contribution in [-0.4, -0.2) is 25.7 Å². The van der Waals surface area contributed by atoms with E-state index in [9.17, 15) is 21.6 Å². The number of rotatable bonds is 4. The summed E-state index contributed by atoms with van der Waals surface area (Å²) in [5, 5.41) is 3.46. The lowest BCUT2D eigenvalue weighted by Crippen LogP contribution is -2.12. The number of alkyl halides is 3. The van der Waals surface area contributed by atoms with E-state index in [0.717, 1.165) is 0 Å². The van der Waals surface area contributed by atoms with Crippen LogP contribution in [0.2, 0.25) is 0 Å². The number of sulfone groups is 1. The van der Waals surface area contributed by atoms with E-state index in [4.69, 9.17) is 9.26 Å². The zero-order chi connectivity index (χ0) is 16.5. The maximum absolute atomic E-state index is 12.5. The molecule has 0 unspecified atom stereocenters. The average molecular weight is 336 g/mol. The number of nitrogens with zero attached hydrogens (tertiary/aromatic N) is 2. The van der Waals surface area contributed by atoms with E-state index in [-0.39, 0.29) is 22.1 Å². The Labute approximate surface area is 123 Å². The quantitative estimate of drug-likeness (QED) is 0.852. The molecule has 0 aliphatic rings. The lowest BCUT2D eigenvalue weighted by Gasteiger charge is -2.10. The SMILES string of the molecule is COc1cc(CS(=O)(=O)c2cnc(C(F)(F)F)cc2C)on1. The van der Waals surface area contributed by atoms with Crippen molar-refractivity contribution >= 4 is 9.84 Å². The fourth-order valence-electron chi connectivity index (χ4n) is 1.75. The van der Waals surface area contributed by atoms with E-state index in [0.29, 0.717) is 12.3 Å². The Kier molecular flexibility index (Phi) is 4.14. The molecule has 0 saturated carbocycles. The summed E-state index contributed by atoms with van der Waals surface area (Å²) in [6, 6.07) is 1.97. The number of ether oxygens (including phenoxy) is 1. The van der Waals surface area contributed by atoms with Crippen molar-refractivity contribution in [1.82, 2.24) is 10.1 Å². The molecule has 22 heavy (non-hydrogen) atoms. The monoisotopic (exact) mass is 336 g/mol. The van der Waals surface area contributed by atoms with Gasteiger partial charge in [-0.1, -0.05) is 0 Å². The lowest BCUT2D eigenvalue weighted by molar-refractivity contribution is -0.141. The van der Waals surface area contributed by atoms with Crippen LogP contribution >= 0.6 is 0 Å². The first-order chi connectivity index (χ1) is 10.1. The van der Waals surface area contributed by atoms with Crippen LogP contribution in [0, 0.1) is 6.92 Å². The van der Waals surface area contributed by atoms with Gasteiger partial charge in [-0.2, -0.15) is 13.2 Å². The first-order valence-electron chi connectivity index (χ1n) is 5.89. The summed E-state index contributed by atoms with van der Waals surface area (Å²) in [6.07, 6.45) is -3.94. The van der Waals surface area contributed by atoms with E-state index < -0.39 is 27.5 Å². The van der Waals surface area contributed by atoms with Crippen molar-refractivity contribution in [2.24, 2.45) is 0 Å². The molecule has 2 aromatic rings. The first kappa shape index (κ1) is 16.3. The third kappa shape index (κ3) is 3.38. The van der Waals surface area contributed by atoms with Crippen LogP contribution in [0.15, 0.2) is 27.7 Å². The summed E-state index contributed by atoms with van der Waals surface area (Å²) < 4.78 is 71.6. The molecule has 0 aromatic carbocycles. The number of pyridine rings is 1. The first-order valence-corrected chi connectivity index (χ1v) is 7.55. The van der Waals surface area contributed by atoms with Crippen molar-refractivity contribution in [1.29, 1.82) is 0 Å². The Morgan fingerprint density at radius 3 is 2.50 bits per heavy atom. The van der Waals surface area contributed by atoms with Crippen LogP contribution in [0.25, 0.3) is 0 Å². The highest BCUT2D eigenvalue weighted by molar-refractivity contribution is 7.90. The summed E-state index contributed by atoms with van der Waals surface area (Å²) in [5.41, 5.74) is -1.20. The van der Waals surface area contributed by atoms with Gasteiger partial charge in [0.25, 0.3) is 5.88 Å². The van der Waals surface area contributed by atoms with Gasteiger partial charge in [0.2, 0.25) is 0 Å². The van der Waals surface area contributed by atoms with Crippen LogP contribution in [-0.2, 0) is 21.8 Å². The highest BCUT2D eigenvalue weighted by atomic mass is 32.2. The second-order valence-electron chi connectivity index (χ2n) is 4.43. The molecule has 6 nitrogen and oxygen atoms in total. The number of methoxy groups -OCH3 is 1. The maximum atomic E-state index is 12.5. The van der Waals surface area contributed by atoms with Crippen molar-refractivity contribution in [3.8, 4) is 5.88 Å². The van der Waals surface area contributed by atoms with Gasteiger partial charge >= 0.3 is 6.18 Å². The number of aryl methyl sites for hydroxylation is 1. The minimum atomic E-state index is -4.63. The predicted octanol–water partition coefficient (Wildman–Crippen LogP) is 2.38.